The van der Waals surface area contributed by atoms with Crippen LogP contribution in [0.3, 0.4) is 0 Å². The van der Waals surface area contributed by atoms with Crippen LogP contribution >= 0.6 is 0 Å². The van der Waals surface area contributed by atoms with Gasteiger partial charge in [0.05, 0.1) is 6.54 Å². The van der Waals surface area contributed by atoms with Gasteiger partial charge < -0.3 is 0 Å². The highest BCUT2D eigenvalue weighted by Gasteiger charge is 2.23. The van der Waals surface area contributed by atoms with Crippen molar-refractivity contribution in [2.75, 3.05) is 13.1 Å². The lowest BCUT2D eigenvalue weighted by Gasteiger charge is -2.13. The first-order chi connectivity index (χ1) is 5.40. The minimum atomic E-state index is 0.725. The molecule has 11 heavy (non-hydrogen) atoms. The van der Waals surface area contributed by atoms with E-state index in [1.165, 1.54) is 6.42 Å². The SMILES string of the molecule is CCC1C=CC2=NCC=[N+]2C1. The van der Waals surface area contributed by atoms with Gasteiger partial charge in [-0.25, -0.2) is 4.58 Å². The molecule has 0 amide bonds. The molecule has 58 valence electrons. The molecular weight excluding hydrogens is 136 g/mol. The molecule has 1 atom stereocenters. The van der Waals surface area contributed by atoms with Crippen LogP contribution in [0.25, 0.3) is 0 Å². The normalized spacial score (nSPS) is 27.9. The van der Waals surface area contributed by atoms with Crippen LogP contribution in [0, 0.1) is 5.92 Å². The summed E-state index contributed by atoms with van der Waals surface area (Å²) in [6.07, 6.45) is 7.81. The van der Waals surface area contributed by atoms with E-state index >= 15 is 0 Å². The van der Waals surface area contributed by atoms with E-state index in [0.29, 0.717) is 0 Å². The fraction of sp³-hybridized carbons (Fsp3) is 0.556. The minimum Gasteiger partial charge on any atom is -0.230 e. The predicted molar refractivity (Wildman–Crippen MR) is 46.4 cm³/mol. The van der Waals surface area contributed by atoms with Crippen LogP contribution in [0.1, 0.15) is 13.3 Å². The molecular formula is C9H13N2+. The lowest BCUT2D eigenvalue weighted by Crippen LogP contribution is -2.26. The molecule has 2 heteroatoms. The van der Waals surface area contributed by atoms with Gasteiger partial charge in [0.25, 0.3) is 0 Å². The number of nitrogens with zero attached hydrogens (tertiary/aromatic N) is 2. The second kappa shape index (κ2) is 2.61. The maximum absolute atomic E-state index is 4.33. The molecule has 0 aliphatic carbocycles. The van der Waals surface area contributed by atoms with E-state index in [2.05, 4.69) is 34.9 Å². The lowest BCUT2D eigenvalue weighted by molar-refractivity contribution is -0.408. The van der Waals surface area contributed by atoms with E-state index in [9.17, 15) is 0 Å². The topological polar surface area (TPSA) is 15.4 Å². The highest BCUT2D eigenvalue weighted by atomic mass is 15.1. The molecule has 0 fully saturated rings. The Balaban J connectivity index is 2.22. The highest BCUT2D eigenvalue weighted by molar-refractivity contribution is 5.92. The van der Waals surface area contributed by atoms with Gasteiger partial charge in [-0.2, -0.15) is 0 Å². The number of aliphatic imine (C=N–C) groups is 1. The largest absolute Gasteiger partial charge is 0.317 e. The van der Waals surface area contributed by atoms with Crippen molar-refractivity contribution < 1.29 is 4.58 Å². The Morgan fingerprint density at radius 1 is 1.73 bits per heavy atom. The maximum atomic E-state index is 4.33. The van der Waals surface area contributed by atoms with Crippen LogP contribution in [0.2, 0.25) is 0 Å². The van der Waals surface area contributed by atoms with Crippen molar-refractivity contribution in [2.45, 2.75) is 13.3 Å². The van der Waals surface area contributed by atoms with E-state index in [0.717, 1.165) is 24.8 Å². The fourth-order valence-corrected chi connectivity index (χ4v) is 1.53. The van der Waals surface area contributed by atoms with Crippen LogP contribution in [0.15, 0.2) is 17.1 Å². The average molecular weight is 149 g/mol. The second-order valence-corrected chi connectivity index (χ2v) is 3.06. The Morgan fingerprint density at radius 2 is 2.64 bits per heavy atom. The van der Waals surface area contributed by atoms with Crippen molar-refractivity contribution >= 4 is 12.1 Å². The summed E-state index contributed by atoms with van der Waals surface area (Å²) in [7, 11) is 0. The average Bonchev–Trinajstić information content (AvgIpc) is 2.50. The van der Waals surface area contributed by atoms with E-state index in [-0.39, 0.29) is 0 Å². The molecule has 1 unspecified atom stereocenters. The maximum Gasteiger partial charge on any atom is 0.317 e. The molecule has 0 saturated carbocycles. The van der Waals surface area contributed by atoms with Gasteiger partial charge in [0.1, 0.15) is 6.21 Å². The number of rotatable bonds is 1. The molecule has 2 aliphatic rings. The first-order valence-electron chi connectivity index (χ1n) is 4.23. The standard InChI is InChI=1S/C9H13N2/c1-2-8-3-4-9-10-5-6-11(9)7-8/h3-4,6,8H,2,5,7H2,1H3/q+1. The summed E-state index contributed by atoms with van der Waals surface area (Å²) >= 11 is 0. The van der Waals surface area contributed by atoms with Crippen molar-refractivity contribution in [3.8, 4) is 0 Å². The van der Waals surface area contributed by atoms with Crippen LogP contribution in [0.4, 0.5) is 0 Å². The van der Waals surface area contributed by atoms with E-state index in [1.807, 2.05) is 0 Å². The smallest absolute Gasteiger partial charge is 0.230 e. The second-order valence-electron chi connectivity index (χ2n) is 3.06. The third-order valence-electron chi connectivity index (χ3n) is 2.32. The molecule has 0 aromatic heterocycles. The van der Waals surface area contributed by atoms with Gasteiger partial charge in [0.15, 0.2) is 6.54 Å². The minimum absolute atomic E-state index is 0.725. The van der Waals surface area contributed by atoms with Gasteiger partial charge in [0, 0.05) is 12.0 Å². The van der Waals surface area contributed by atoms with E-state index < -0.39 is 0 Å². The zero-order chi connectivity index (χ0) is 7.68. The molecule has 0 aromatic rings. The van der Waals surface area contributed by atoms with Gasteiger partial charge in [-0.1, -0.05) is 18.0 Å². The van der Waals surface area contributed by atoms with Crippen LogP contribution in [-0.4, -0.2) is 29.7 Å². The molecule has 2 aliphatic heterocycles. The molecule has 0 saturated heterocycles. The molecule has 0 N–H and O–H groups in total. The van der Waals surface area contributed by atoms with Gasteiger partial charge in [0.2, 0.25) is 0 Å². The Hall–Kier alpha value is -0.920. The molecule has 2 heterocycles. The first-order valence-corrected chi connectivity index (χ1v) is 4.23. The van der Waals surface area contributed by atoms with Crippen LogP contribution in [-0.2, 0) is 0 Å². The van der Waals surface area contributed by atoms with Gasteiger partial charge in [-0.05, 0) is 6.42 Å². The summed E-state index contributed by atoms with van der Waals surface area (Å²) in [6.45, 7) is 4.23. The highest BCUT2D eigenvalue weighted by Crippen LogP contribution is 2.12. The van der Waals surface area contributed by atoms with Crippen molar-refractivity contribution in [1.82, 2.24) is 0 Å². The Labute approximate surface area is 67.0 Å². The zero-order valence-corrected chi connectivity index (χ0v) is 6.83. The molecule has 0 spiro atoms. The lowest BCUT2D eigenvalue weighted by atomic mass is 10.0. The van der Waals surface area contributed by atoms with Gasteiger partial charge >= 0.3 is 5.84 Å². The van der Waals surface area contributed by atoms with Crippen LogP contribution in [0.5, 0.6) is 0 Å². The predicted octanol–water partition coefficient (Wildman–Crippen LogP) is 1.08. The Kier molecular flexibility index (Phi) is 1.60. The Morgan fingerprint density at radius 3 is 3.45 bits per heavy atom. The summed E-state index contributed by atoms with van der Waals surface area (Å²) in [5.74, 6) is 1.87. The number of hydrogen-bond acceptors (Lipinski definition) is 1. The first kappa shape index (κ1) is 6.77. The number of fused-ring (bicyclic) bond motifs is 1. The van der Waals surface area contributed by atoms with Crippen molar-refractivity contribution in [3.63, 3.8) is 0 Å². The monoisotopic (exact) mass is 149 g/mol. The van der Waals surface area contributed by atoms with E-state index in [4.69, 9.17) is 0 Å². The summed E-state index contributed by atoms with van der Waals surface area (Å²) in [4.78, 5) is 4.33. The number of amidine groups is 1. The van der Waals surface area contributed by atoms with Crippen molar-refractivity contribution in [1.29, 1.82) is 0 Å². The molecule has 2 nitrogen and oxygen atoms in total. The zero-order valence-electron chi connectivity index (χ0n) is 6.83. The summed E-state index contributed by atoms with van der Waals surface area (Å²) < 4.78 is 2.26. The third kappa shape index (κ3) is 1.13. The fourth-order valence-electron chi connectivity index (χ4n) is 1.53. The third-order valence-corrected chi connectivity index (χ3v) is 2.32. The van der Waals surface area contributed by atoms with Gasteiger partial charge in [-0.3, -0.25) is 0 Å². The molecule has 0 aromatic carbocycles. The van der Waals surface area contributed by atoms with Crippen molar-refractivity contribution in [2.24, 2.45) is 10.9 Å². The molecule has 0 radical (unpaired) electrons. The summed E-state index contributed by atoms with van der Waals surface area (Å²) in [6, 6.07) is 0. The molecule has 0 bridgehead atoms. The quantitative estimate of drug-likeness (QED) is 0.496. The van der Waals surface area contributed by atoms with Crippen LogP contribution < -0.4 is 0 Å². The summed E-state index contributed by atoms with van der Waals surface area (Å²) in [5, 5.41) is 0. The van der Waals surface area contributed by atoms with E-state index in [1.54, 1.807) is 0 Å². The number of hydrogen-bond donors (Lipinski definition) is 0. The van der Waals surface area contributed by atoms with Crippen molar-refractivity contribution in [3.05, 3.63) is 12.2 Å². The molecule has 2 rings (SSSR count). The Bertz CT molecular complexity index is 248. The summed E-state index contributed by atoms with van der Waals surface area (Å²) in [5.41, 5.74) is 0. The van der Waals surface area contributed by atoms with Gasteiger partial charge in [-0.15, -0.1) is 0 Å².